The normalized spacial score (nSPS) is 16.4. The number of thiophene rings is 1. The van der Waals surface area contributed by atoms with Crippen LogP contribution in [0.15, 0.2) is 27.4 Å². The highest BCUT2D eigenvalue weighted by Crippen LogP contribution is 2.34. The number of hydrogen-bond donors (Lipinski definition) is 1. The summed E-state index contributed by atoms with van der Waals surface area (Å²) >= 11 is 3.34. The number of nitrogens with two attached hydrogens (primary N) is 1. The Hall–Kier alpha value is -1.28. The van der Waals surface area contributed by atoms with Gasteiger partial charge in [0.1, 0.15) is 5.01 Å². The van der Waals surface area contributed by atoms with Crippen molar-refractivity contribution in [3.05, 3.63) is 40.3 Å². The van der Waals surface area contributed by atoms with Gasteiger partial charge in [0.25, 0.3) is 0 Å². The lowest BCUT2D eigenvalue weighted by Gasteiger charge is -2.17. The SMILES string of the molecule is Cl.NC1(c2noc(Cc3csc(-c4cccs4)n3)n2)CCCC1. The molecule has 3 aromatic heterocycles. The molecular weight excluding hydrogens is 352 g/mol. The average molecular weight is 369 g/mol. The monoisotopic (exact) mass is 368 g/mol. The van der Waals surface area contributed by atoms with E-state index in [1.54, 1.807) is 22.7 Å². The fraction of sp³-hybridized carbons (Fsp3) is 0.400. The lowest BCUT2D eigenvalue weighted by molar-refractivity contribution is 0.352. The Morgan fingerprint density at radius 2 is 2.04 bits per heavy atom. The van der Waals surface area contributed by atoms with Crippen LogP contribution in [0.2, 0.25) is 0 Å². The van der Waals surface area contributed by atoms with Crippen molar-refractivity contribution in [3.63, 3.8) is 0 Å². The molecule has 0 aliphatic heterocycles. The van der Waals surface area contributed by atoms with Crippen LogP contribution in [0, 0.1) is 0 Å². The number of rotatable bonds is 4. The van der Waals surface area contributed by atoms with E-state index in [2.05, 4.69) is 26.6 Å². The molecule has 1 fully saturated rings. The zero-order chi connectivity index (χ0) is 15.0. The van der Waals surface area contributed by atoms with Gasteiger partial charge in [-0.2, -0.15) is 4.98 Å². The van der Waals surface area contributed by atoms with Crippen molar-refractivity contribution in [1.82, 2.24) is 15.1 Å². The highest BCUT2D eigenvalue weighted by atomic mass is 35.5. The van der Waals surface area contributed by atoms with Crippen LogP contribution in [0.4, 0.5) is 0 Å². The van der Waals surface area contributed by atoms with Crippen LogP contribution in [-0.4, -0.2) is 15.1 Å². The highest BCUT2D eigenvalue weighted by Gasteiger charge is 2.35. The molecule has 2 N–H and O–H groups in total. The lowest BCUT2D eigenvalue weighted by atomic mass is 9.99. The maximum absolute atomic E-state index is 6.36. The summed E-state index contributed by atoms with van der Waals surface area (Å²) in [7, 11) is 0. The fourth-order valence-corrected chi connectivity index (χ4v) is 4.45. The first-order chi connectivity index (χ1) is 10.7. The Balaban J connectivity index is 0.00000156. The van der Waals surface area contributed by atoms with Gasteiger partial charge >= 0.3 is 0 Å². The third-order valence-electron chi connectivity index (χ3n) is 4.03. The summed E-state index contributed by atoms with van der Waals surface area (Å²) in [5, 5.41) is 9.23. The molecule has 122 valence electrons. The van der Waals surface area contributed by atoms with E-state index in [4.69, 9.17) is 10.3 Å². The number of halogens is 1. The van der Waals surface area contributed by atoms with Gasteiger partial charge in [-0.15, -0.1) is 35.1 Å². The van der Waals surface area contributed by atoms with Gasteiger partial charge in [-0.25, -0.2) is 4.98 Å². The number of aromatic nitrogens is 3. The lowest BCUT2D eigenvalue weighted by Crippen LogP contribution is -2.34. The summed E-state index contributed by atoms with van der Waals surface area (Å²) in [5.41, 5.74) is 6.92. The van der Waals surface area contributed by atoms with Gasteiger partial charge < -0.3 is 10.3 Å². The average Bonchev–Trinajstić information content (AvgIpc) is 3.27. The molecule has 8 heteroatoms. The van der Waals surface area contributed by atoms with E-state index in [1.165, 1.54) is 4.88 Å². The molecule has 0 saturated heterocycles. The molecule has 0 bridgehead atoms. The number of hydrogen-bond acceptors (Lipinski definition) is 7. The van der Waals surface area contributed by atoms with Crippen molar-refractivity contribution in [3.8, 4) is 9.88 Å². The zero-order valence-corrected chi connectivity index (χ0v) is 14.8. The van der Waals surface area contributed by atoms with E-state index in [-0.39, 0.29) is 12.4 Å². The van der Waals surface area contributed by atoms with Crippen molar-refractivity contribution in [2.45, 2.75) is 37.6 Å². The van der Waals surface area contributed by atoms with Crippen LogP contribution in [0.25, 0.3) is 9.88 Å². The molecule has 0 amide bonds. The molecular formula is C15H17ClN4OS2. The first-order valence-corrected chi connectivity index (χ1v) is 9.09. The van der Waals surface area contributed by atoms with E-state index in [9.17, 15) is 0 Å². The van der Waals surface area contributed by atoms with Gasteiger partial charge in [0.2, 0.25) is 5.89 Å². The van der Waals surface area contributed by atoms with Crippen LogP contribution >= 0.6 is 35.1 Å². The molecule has 1 aliphatic rings. The van der Waals surface area contributed by atoms with Gasteiger partial charge in [0.15, 0.2) is 5.82 Å². The largest absolute Gasteiger partial charge is 0.339 e. The van der Waals surface area contributed by atoms with Crippen molar-refractivity contribution >= 4 is 35.1 Å². The molecule has 4 rings (SSSR count). The van der Waals surface area contributed by atoms with Crippen molar-refractivity contribution in [1.29, 1.82) is 0 Å². The third-order valence-corrected chi connectivity index (χ3v) is 5.96. The second kappa shape index (κ2) is 6.68. The summed E-state index contributed by atoms with van der Waals surface area (Å²) in [4.78, 5) is 10.3. The van der Waals surface area contributed by atoms with Crippen LogP contribution < -0.4 is 5.73 Å². The van der Waals surface area contributed by atoms with Crippen LogP contribution in [-0.2, 0) is 12.0 Å². The molecule has 0 spiro atoms. The summed E-state index contributed by atoms with van der Waals surface area (Å²) in [6.07, 6.45) is 4.70. The smallest absolute Gasteiger partial charge is 0.232 e. The van der Waals surface area contributed by atoms with E-state index >= 15 is 0 Å². The number of nitrogens with zero attached hydrogens (tertiary/aromatic N) is 3. The Morgan fingerprint density at radius 3 is 2.78 bits per heavy atom. The third kappa shape index (κ3) is 3.33. The molecule has 23 heavy (non-hydrogen) atoms. The minimum Gasteiger partial charge on any atom is -0.339 e. The molecule has 0 radical (unpaired) electrons. The summed E-state index contributed by atoms with van der Waals surface area (Å²) in [5.74, 6) is 1.24. The van der Waals surface area contributed by atoms with Crippen molar-refractivity contribution < 1.29 is 4.52 Å². The van der Waals surface area contributed by atoms with E-state index in [1.807, 2.05) is 11.4 Å². The molecule has 1 saturated carbocycles. The van der Waals surface area contributed by atoms with Crippen molar-refractivity contribution in [2.75, 3.05) is 0 Å². The number of thiazole rings is 1. The second-order valence-corrected chi connectivity index (χ2v) is 7.48. The Morgan fingerprint density at radius 1 is 1.22 bits per heavy atom. The predicted molar refractivity (Wildman–Crippen MR) is 94.1 cm³/mol. The highest BCUT2D eigenvalue weighted by molar-refractivity contribution is 7.20. The Bertz CT molecular complexity index is 762. The summed E-state index contributed by atoms with van der Waals surface area (Å²) in [6, 6.07) is 4.12. The maximum atomic E-state index is 6.36. The molecule has 0 unspecified atom stereocenters. The summed E-state index contributed by atoms with van der Waals surface area (Å²) < 4.78 is 5.37. The molecule has 0 aromatic carbocycles. The molecule has 1 aliphatic carbocycles. The zero-order valence-electron chi connectivity index (χ0n) is 12.4. The topological polar surface area (TPSA) is 77.8 Å². The van der Waals surface area contributed by atoms with E-state index in [0.717, 1.165) is 36.4 Å². The van der Waals surface area contributed by atoms with Crippen LogP contribution in [0.3, 0.4) is 0 Å². The Labute approximate surface area is 148 Å². The fourth-order valence-electron chi connectivity index (χ4n) is 2.81. The van der Waals surface area contributed by atoms with Crippen LogP contribution in [0.5, 0.6) is 0 Å². The van der Waals surface area contributed by atoms with Gasteiger partial charge in [0.05, 0.1) is 22.5 Å². The van der Waals surface area contributed by atoms with Gasteiger partial charge in [-0.1, -0.05) is 24.1 Å². The molecule has 3 aromatic rings. The minimum absolute atomic E-state index is 0. The second-order valence-electron chi connectivity index (χ2n) is 5.67. The van der Waals surface area contributed by atoms with E-state index in [0.29, 0.717) is 18.1 Å². The molecule has 5 nitrogen and oxygen atoms in total. The van der Waals surface area contributed by atoms with E-state index < -0.39 is 5.54 Å². The quantitative estimate of drug-likeness (QED) is 0.753. The first-order valence-electron chi connectivity index (χ1n) is 7.33. The first kappa shape index (κ1) is 16.6. The van der Waals surface area contributed by atoms with Gasteiger partial charge in [0, 0.05) is 5.38 Å². The molecule has 0 atom stereocenters. The van der Waals surface area contributed by atoms with Crippen LogP contribution in [0.1, 0.15) is 43.1 Å². The van der Waals surface area contributed by atoms with Gasteiger partial charge in [-0.05, 0) is 24.3 Å². The summed E-state index contributed by atoms with van der Waals surface area (Å²) in [6.45, 7) is 0. The predicted octanol–water partition coefficient (Wildman–Crippen LogP) is 4.00. The van der Waals surface area contributed by atoms with Crippen molar-refractivity contribution in [2.24, 2.45) is 5.73 Å². The van der Waals surface area contributed by atoms with Gasteiger partial charge in [-0.3, -0.25) is 0 Å². The minimum atomic E-state index is -0.397. The Kier molecular flexibility index (Phi) is 4.82. The maximum Gasteiger partial charge on any atom is 0.232 e. The molecule has 3 heterocycles. The standard InChI is InChI=1S/C15H16N4OS2.ClH/c16-15(5-1-2-6-15)14-18-12(20-19-14)8-10-9-22-13(17-10)11-4-3-7-21-11;/h3-4,7,9H,1-2,5-6,8,16H2;1H.